The summed E-state index contributed by atoms with van der Waals surface area (Å²) < 4.78 is 5.75. The molecule has 5 N–H and O–H groups in total. The molecule has 2 fully saturated rings. The first-order chi connectivity index (χ1) is 14.7. The predicted octanol–water partition coefficient (Wildman–Crippen LogP) is 1.90. The summed E-state index contributed by atoms with van der Waals surface area (Å²) in [6.45, 7) is 3.08. The Hall–Kier alpha value is -1.80. The van der Waals surface area contributed by atoms with Gasteiger partial charge in [-0.3, -0.25) is 0 Å². The maximum atomic E-state index is 10.5. The largest absolute Gasteiger partial charge is 0.394 e. The van der Waals surface area contributed by atoms with Gasteiger partial charge in [0, 0.05) is 0 Å². The Kier molecular flexibility index (Phi) is 6.23. The Morgan fingerprint density at radius 2 is 1.61 bits per heavy atom. The maximum absolute atomic E-state index is 10.5. The fraction of sp³-hybridized carbons (Fsp3) is 0.520. The van der Waals surface area contributed by atoms with Gasteiger partial charge in [-0.1, -0.05) is 42.5 Å². The molecule has 1 heterocycles. The molecule has 0 aromatic heterocycles. The van der Waals surface area contributed by atoms with E-state index in [4.69, 9.17) is 4.74 Å². The van der Waals surface area contributed by atoms with Crippen LogP contribution >= 0.6 is 0 Å². The van der Waals surface area contributed by atoms with Crippen LogP contribution in [0.4, 0.5) is 0 Å². The molecular formula is C25H32O6. The van der Waals surface area contributed by atoms with E-state index in [9.17, 15) is 25.5 Å². The van der Waals surface area contributed by atoms with E-state index in [0.29, 0.717) is 17.9 Å². The van der Waals surface area contributed by atoms with Gasteiger partial charge in [0.05, 0.1) is 12.2 Å². The van der Waals surface area contributed by atoms with E-state index in [2.05, 4.69) is 6.07 Å². The zero-order valence-corrected chi connectivity index (χ0v) is 18.0. The van der Waals surface area contributed by atoms with E-state index in [1.165, 1.54) is 5.56 Å². The van der Waals surface area contributed by atoms with Crippen LogP contribution in [0.2, 0.25) is 0 Å². The molecule has 2 aromatic rings. The molecule has 168 valence electrons. The summed E-state index contributed by atoms with van der Waals surface area (Å²) in [7, 11) is 0. The molecule has 1 saturated carbocycles. The molecule has 2 unspecified atom stereocenters. The Morgan fingerprint density at radius 1 is 0.935 bits per heavy atom. The minimum atomic E-state index is -1.39. The summed E-state index contributed by atoms with van der Waals surface area (Å²) in [6, 6.07) is 13.9. The van der Waals surface area contributed by atoms with Crippen molar-refractivity contribution in [1.82, 2.24) is 0 Å². The van der Waals surface area contributed by atoms with Gasteiger partial charge in [-0.25, -0.2) is 0 Å². The second-order valence-electron chi connectivity index (χ2n) is 9.41. The highest BCUT2D eigenvalue weighted by Gasteiger charge is 2.44. The van der Waals surface area contributed by atoms with Crippen LogP contribution in [-0.4, -0.2) is 56.6 Å². The molecule has 1 aliphatic heterocycles. The number of hydrogen-bond donors (Lipinski definition) is 5. The first kappa shape index (κ1) is 22.4. The van der Waals surface area contributed by atoms with Crippen molar-refractivity contribution in [3.05, 3.63) is 70.3 Å². The van der Waals surface area contributed by atoms with Crippen molar-refractivity contribution in [2.24, 2.45) is 0 Å². The zero-order chi connectivity index (χ0) is 22.3. The third kappa shape index (κ3) is 4.70. The van der Waals surface area contributed by atoms with Gasteiger partial charge in [0.25, 0.3) is 0 Å². The lowest BCUT2D eigenvalue weighted by Crippen LogP contribution is -2.55. The number of aliphatic hydroxyl groups is 5. The van der Waals surface area contributed by atoms with E-state index in [1.807, 2.05) is 36.4 Å². The molecule has 0 spiro atoms. The second kappa shape index (κ2) is 8.62. The molecule has 0 bridgehead atoms. The van der Waals surface area contributed by atoms with Gasteiger partial charge in [0.1, 0.15) is 30.5 Å². The molecule has 1 saturated heterocycles. The Balaban J connectivity index is 1.63. The minimum Gasteiger partial charge on any atom is -0.394 e. The molecule has 2 aromatic carbocycles. The molecule has 1 aliphatic carbocycles. The summed E-state index contributed by atoms with van der Waals surface area (Å²) in [5.74, 6) is 0.537. The lowest BCUT2D eigenvalue weighted by Gasteiger charge is -2.40. The molecule has 6 nitrogen and oxygen atoms in total. The van der Waals surface area contributed by atoms with Crippen LogP contribution < -0.4 is 0 Å². The van der Waals surface area contributed by atoms with Gasteiger partial charge in [0.2, 0.25) is 0 Å². The van der Waals surface area contributed by atoms with E-state index in [1.54, 1.807) is 13.8 Å². The topological polar surface area (TPSA) is 110 Å². The first-order valence-electron chi connectivity index (χ1n) is 10.9. The monoisotopic (exact) mass is 428 g/mol. The predicted molar refractivity (Wildman–Crippen MR) is 116 cm³/mol. The smallest absolute Gasteiger partial charge is 0.113 e. The summed E-state index contributed by atoms with van der Waals surface area (Å²) in [4.78, 5) is 0. The van der Waals surface area contributed by atoms with Gasteiger partial charge in [-0.05, 0) is 66.8 Å². The summed E-state index contributed by atoms with van der Waals surface area (Å²) in [6.07, 6.45) is -2.79. The second-order valence-corrected chi connectivity index (χ2v) is 9.41. The average molecular weight is 429 g/mol. The molecule has 5 atom stereocenters. The van der Waals surface area contributed by atoms with Gasteiger partial charge in [-0.2, -0.15) is 0 Å². The number of benzene rings is 2. The van der Waals surface area contributed by atoms with E-state index >= 15 is 0 Å². The molecule has 6 heteroatoms. The van der Waals surface area contributed by atoms with Gasteiger partial charge < -0.3 is 30.3 Å². The third-order valence-corrected chi connectivity index (χ3v) is 6.46. The fourth-order valence-electron chi connectivity index (χ4n) is 4.38. The van der Waals surface area contributed by atoms with Crippen molar-refractivity contribution in [1.29, 1.82) is 0 Å². The van der Waals surface area contributed by atoms with E-state index in [-0.39, 0.29) is 0 Å². The van der Waals surface area contributed by atoms with Crippen LogP contribution in [0, 0.1) is 0 Å². The van der Waals surface area contributed by atoms with Crippen molar-refractivity contribution in [3.63, 3.8) is 0 Å². The SMILES string of the molecule is CC(C)(O)c1ccc(Cc2cc([C@@H]3OC(CO)[C@@H](O)C(O)[C@H]3O)ccc2C2CC2)cc1. The van der Waals surface area contributed by atoms with Gasteiger partial charge in [0.15, 0.2) is 0 Å². The lowest BCUT2D eigenvalue weighted by molar-refractivity contribution is -0.231. The van der Waals surface area contributed by atoms with Crippen LogP contribution in [-0.2, 0) is 16.8 Å². The van der Waals surface area contributed by atoms with Crippen LogP contribution in [0.25, 0.3) is 0 Å². The molecule has 4 rings (SSSR count). The number of rotatable bonds is 6. The number of ether oxygens (including phenoxy) is 1. The van der Waals surface area contributed by atoms with Crippen molar-refractivity contribution in [2.45, 2.75) is 75.1 Å². The fourth-order valence-corrected chi connectivity index (χ4v) is 4.38. The summed E-state index contributed by atoms with van der Waals surface area (Å²) in [5.41, 5.74) is 4.20. The standard InChI is InChI=1S/C25H32O6/c1-25(2,30)18-8-3-14(4-9-18)11-17-12-16(7-10-19(17)15-5-6-15)24-23(29)22(28)21(27)20(13-26)31-24/h3-4,7-10,12,15,20-24,26-30H,5-6,11,13H2,1-2H3/t20?,21-,22?,23-,24+/m1/s1. The molecular weight excluding hydrogens is 396 g/mol. The summed E-state index contributed by atoms with van der Waals surface area (Å²) >= 11 is 0. The molecule has 2 aliphatic rings. The van der Waals surface area contributed by atoms with Crippen molar-refractivity contribution < 1.29 is 30.3 Å². The highest BCUT2D eigenvalue weighted by Crippen LogP contribution is 2.43. The van der Waals surface area contributed by atoms with Crippen molar-refractivity contribution in [2.75, 3.05) is 6.61 Å². The van der Waals surface area contributed by atoms with Gasteiger partial charge >= 0.3 is 0 Å². The van der Waals surface area contributed by atoms with E-state index < -0.39 is 42.7 Å². The van der Waals surface area contributed by atoms with Crippen LogP contribution in [0.3, 0.4) is 0 Å². The Labute approximate surface area is 182 Å². The van der Waals surface area contributed by atoms with Crippen LogP contribution in [0.15, 0.2) is 42.5 Å². The third-order valence-electron chi connectivity index (χ3n) is 6.46. The zero-order valence-electron chi connectivity index (χ0n) is 18.0. The van der Waals surface area contributed by atoms with Crippen molar-refractivity contribution in [3.8, 4) is 0 Å². The molecule has 0 amide bonds. The first-order valence-corrected chi connectivity index (χ1v) is 10.9. The summed E-state index contributed by atoms with van der Waals surface area (Å²) in [5, 5.41) is 50.4. The van der Waals surface area contributed by atoms with Gasteiger partial charge in [-0.15, -0.1) is 0 Å². The van der Waals surface area contributed by atoms with E-state index in [0.717, 1.165) is 29.5 Å². The highest BCUT2D eigenvalue weighted by molar-refractivity contribution is 5.41. The lowest BCUT2D eigenvalue weighted by atomic mass is 9.88. The number of aliphatic hydroxyl groups excluding tert-OH is 4. The maximum Gasteiger partial charge on any atom is 0.113 e. The average Bonchev–Trinajstić information content (AvgIpc) is 3.57. The quantitative estimate of drug-likeness (QED) is 0.481. The highest BCUT2D eigenvalue weighted by atomic mass is 16.5. The number of hydrogen-bond acceptors (Lipinski definition) is 6. The molecule has 0 radical (unpaired) electrons. The van der Waals surface area contributed by atoms with Crippen LogP contribution in [0.5, 0.6) is 0 Å². The normalized spacial score (nSPS) is 29.2. The Bertz CT molecular complexity index is 897. The van der Waals surface area contributed by atoms with Crippen molar-refractivity contribution >= 4 is 0 Å². The minimum absolute atomic E-state index is 0.442. The Morgan fingerprint density at radius 3 is 2.19 bits per heavy atom. The molecule has 31 heavy (non-hydrogen) atoms. The van der Waals surface area contributed by atoms with Crippen LogP contribution in [0.1, 0.15) is 66.5 Å².